The van der Waals surface area contributed by atoms with E-state index < -0.39 is 27.9 Å². The molecule has 1 aromatic heterocycles. The Kier molecular flexibility index (Phi) is 5.57. The second-order valence-corrected chi connectivity index (χ2v) is 9.10. The van der Waals surface area contributed by atoms with Crippen molar-refractivity contribution in [1.29, 1.82) is 0 Å². The number of nitrogens with zero attached hydrogens (tertiary/aromatic N) is 3. The zero-order valence-corrected chi connectivity index (χ0v) is 17.0. The summed E-state index contributed by atoms with van der Waals surface area (Å²) < 4.78 is 55.1. The van der Waals surface area contributed by atoms with Crippen molar-refractivity contribution in [2.24, 2.45) is 0 Å². The van der Waals surface area contributed by atoms with Crippen LogP contribution in [-0.2, 0) is 26.2 Å². The first-order chi connectivity index (χ1) is 14.0. The summed E-state index contributed by atoms with van der Waals surface area (Å²) in [4.78, 5) is 12.7. The molecule has 29 heavy (non-hydrogen) atoms. The van der Waals surface area contributed by atoms with E-state index in [9.17, 15) is 17.6 Å². The molecule has 4 rings (SSSR count). The Hall–Kier alpha value is -2.43. The van der Waals surface area contributed by atoms with Crippen molar-refractivity contribution in [3.8, 4) is 0 Å². The Labute approximate surface area is 171 Å². The average Bonchev–Trinajstić information content (AvgIpc) is 3.21. The number of carbonyl (C=O) groups excluding carboxylic acids is 1. The maximum atomic E-state index is 13.8. The molecule has 1 aliphatic rings. The summed E-state index contributed by atoms with van der Waals surface area (Å²) in [5.74, 6) is -1.16. The van der Waals surface area contributed by atoms with Crippen molar-refractivity contribution >= 4 is 38.8 Å². The maximum absolute atomic E-state index is 13.8. The molecule has 0 spiro atoms. The van der Waals surface area contributed by atoms with Crippen LogP contribution >= 0.6 is 11.7 Å². The second kappa shape index (κ2) is 8.13. The summed E-state index contributed by atoms with van der Waals surface area (Å²) >= 11 is 0.934. The third-order valence-corrected chi connectivity index (χ3v) is 7.37. The van der Waals surface area contributed by atoms with Crippen LogP contribution in [0, 0.1) is 5.82 Å². The first-order valence-electron chi connectivity index (χ1n) is 9.11. The minimum atomic E-state index is -3.98. The predicted octanol–water partition coefficient (Wildman–Crippen LogP) is 3.12. The summed E-state index contributed by atoms with van der Waals surface area (Å²) in [6.07, 6.45) is 1.69. The van der Waals surface area contributed by atoms with Gasteiger partial charge in [0.05, 0.1) is 11.7 Å². The monoisotopic (exact) mass is 435 g/mol. The van der Waals surface area contributed by atoms with Gasteiger partial charge < -0.3 is 4.74 Å². The molecule has 3 aromatic rings. The molecule has 0 saturated carbocycles. The van der Waals surface area contributed by atoms with Crippen LogP contribution in [0.1, 0.15) is 24.8 Å². The molecule has 1 unspecified atom stereocenters. The van der Waals surface area contributed by atoms with Crippen LogP contribution in [-0.4, -0.2) is 40.0 Å². The van der Waals surface area contributed by atoms with Crippen molar-refractivity contribution in [3.63, 3.8) is 0 Å². The van der Waals surface area contributed by atoms with E-state index in [0.717, 1.165) is 11.7 Å². The van der Waals surface area contributed by atoms with Crippen molar-refractivity contribution < 1.29 is 22.3 Å². The minimum absolute atomic E-state index is 0.0255. The van der Waals surface area contributed by atoms with E-state index in [1.54, 1.807) is 24.3 Å². The van der Waals surface area contributed by atoms with Gasteiger partial charge in [-0.15, -0.1) is 0 Å². The third-order valence-electron chi connectivity index (χ3n) is 4.89. The van der Waals surface area contributed by atoms with E-state index in [0.29, 0.717) is 30.3 Å². The number of hydrogen-bond acceptors (Lipinski definition) is 7. The van der Waals surface area contributed by atoms with Gasteiger partial charge in [0.1, 0.15) is 34.4 Å². The van der Waals surface area contributed by atoms with Crippen molar-refractivity contribution in [2.75, 3.05) is 6.54 Å². The SMILES string of the molecule is O=C(OCc1ccccc1F)C1CCCCN1S(=O)(=O)c1cccc2nsnc12. The molecular formula is C19H18FN3O4S2. The Bertz CT molecular complexity index is 1150. The van der Waals surface area contributed by atoms with Gasteiger partial charge in [-0.1, -0.05) is 24.3 Å². The first-order valence-corrected chi connectivity index (χ1v) is 11.3. The number of hydrogen-bond donors (Lipinski definition) is 0. The quantitative estimate of drug-likeness (QED) is 0.572. The van der Waals surface area contributed by atoms with E-state index >= 15 is 0 Å². The molecule has 1 fully saturated rings. The number of carbonyl (C=O) groups is 1. The molecule has 152 valence electrons. The van der Waals surface area contributed by atoms with Gasteiger partial charge in [-0.25, -0.2) is 12.8 Å². The van der Waals surface area contributed by atoms with Crippen molar-refractivity contribution in [3.05, 3.63) is 53.8 Å². The van der Waals surface area contributed by atoms with Gasteiger partial charge in [0.15, 0.2) is 0 Å². The Morgan fingerprint density at radius 3 is 2.83 bits per heavy atom. The summed E-state index contributed by atoms with van der Waals surface area (Å²) in [6.45, 7) is -0.0444. The smallest absolute Gasteiger partial charge is 0.324 e. The minimum Gasteiger partial charge on any atom is -0.460 e. The highest BCUT2D eigenvalue weighted by Gasteiger charge is 2.39. The van der Waals surface area contributed by atoms with Crippen LogP contribution in [0.4, 0.5) is 4.39 Å². The summed E-state index contributed by atoms with van der Waals surface area (Å²) in [5, 5.41) is 0. The van der Waals surface area contributed by atoms with E-state index in [1.165, 1.54) is 22.5 Å². The number of piperidine rings is 1. The second-order valence-electron chi connectivity index (χ2n) is 6.71. The molecule has 7 nitrogen and oxygen atoms in total. The van der Waals surface area contributed by atoms with E-state index in [-0.39, 0.29) is 23.6 Å². The van der Waals surface area contributed by atoms with E-state index in [1.807, 2.05) is 0 Å². The summed E-state index contributed by atoms with van der Waals surface area (Å²) in [7, 11) is -3.98. The predicted molar refractivity (Wildman–Crippen MR) is 105 cm³/mol. The first kappa shape index (κ1) is 19.9. The summed E-state index contributed by atoms with van der Waals surface area (Å²) in [6, 6.07) is 9.80. The van der Waals surface area contributed by atoms with Crippen molar-refractivity contribution in [1.82, 2.24) is 13.1 Å². The molecule has 2 heterocycles. The van der Waals surface area contributed by atoms with Crippen LogP contribution in [0.15, 0.2) is 47.4 Å². The Morgan fingerprint density at radius 2 is 2.00 bits per heavy atom. The lowest BCUT2D eigenvalue weighted by Gasteiger charge is -2.33. The third kappa shape index (κ3) is 3.87. The molecule has 0 aliphatic carbocycles. The number of esters is 1. The van der Waals surface area contributed by atoms with Gasteiger partial charge in [0, 0.05) is 12.1 Å². The molecule has 1 saturated heterocycles. The molecule has 0 radical (unpaired) electrons. The van der Waals surface area contributed by atoms with E-state index in [2.05, 4.69) is 8.75 Å². The van der Waals surface area contributed by atoms with Gasteiger partial charge in [-0.3, -0.25) is 4.79 Å². The average molecular weight is 436 g/mol. The Morgan fingerprint density at radius 1 is 1.17 bits per heavy atom. The lowest BCUT2D eigenvalue weighted by molar-refractivity contribution is -0.150. The largest absolute Gasteiger partial charge is 0.460 e. The molecule has 1 atom stereocenters. The molecule has 2 aromatic carbocycles. The molecule has 10 heteroatoms. The molecule has 0 bridgehead atoms. The summed E-state index contributed by atoms with van der Waals surface area (Å²) in [5.41, 5.74) is 1.03. The Balaban J connectivity index is 1.59. The lowest BCUT2D eigenvalue weighted by Crippen LogP contribution is -2.48. The number of fused-ring (bicyclic) bond motifs is 1. The fourth-order valence-electron chi connectivity index (χ4n) is 3.40. The topological polar surface area (TPSA) is 89.5 Å². The zero-order valence-electron chi connectivity index (χ0n) is 15.3. The van der Waals surface area contributed by atoms with Crippen LogP contribution in [0.3, 0.4) is 0 Å². The fraction of sp³-hybridized carbons (Fsp3) is 0.316. The van der Waals surface area contributed by atoms with Gasteiger partial charge >= 0.3 is 5.97 Å². The molecule has 0 amide bonds. The van der Waals surface area contributed by atoms with Crippen LogP contribution in [0.25, 0.3) is 11.0 Å². The standard InChI is InChI=1S/C19H18FN3O4S2/c20-14-7-2-1-6-13(14)12-27-19(24)16-9-3-4-11-23(16)29(25,26)17-10-5-8-15-18(17)22-28-21-15/h1-2,5-8,10,16H,3-4,9,11-12H2. The normalized spacial score (nSPS) is 18.0. The van der Waals surface area contributed by atoms with Gasteiger partial charge in [-0.2, -0.15) is 13.1 Å². The number of halogens is 1. The highest BCUT2D eigenvalue weighted by atomic mass is 32.2. The molecular weight excluding hydrogens is 417 g/mol. The maximum Gasteiger partial charge on any atom is 0.324 e. The van der Waals surface area contributed by atoms with Crippen LogP contribution in [0.5, 0.6) is 0 Å². The number of aromatic nitrogens is 2. The fourth-order valence-corrected chi connectivity index (χ4v) is 5.81. The number of sulfonamides is 1. The number of benzene rings is 2. The van der Waals surface area contributed by atoms with E-state index in [4.69, 9.17) is 4.74 Å². The number of rotatable bonds is 5. The van der Waals surface area contributed by atoms with Crippen LogP contribution in [0.2, 0.25) is 0 Å². The van der Waals surface area contributed by atoms with Crippen LogP contribution < -0.4 is 0 Å². The highest BCUT2D eigenvalue weighted by Crippen LogP contribution is 2.30. The van der Waals surface area contributed by atoms with Gasteiger partial charge in [0.25, 0.3) is 0 Å². The van der Waals surface area contributed by atoms with Crippen molar-refractivity contribution in [2.45, 2.75) is 36.8 Å². The highest BCUT2D eigenvalue weighted by molar-refractivity contribution is 7.89. The number of ether oxygens (including phenoxy) is 1. The van der Waals surface area contributed by atoms with Gasteiger partial charge in [0.2, 0.25) is 10.0 Å². The molecule has 0 N–H and O–H groups in total. The van der Waals surface area contributed by atoms with Gasteiger partial charge in [-0.05, 0) is 37.5 Å². The zero-order chi connectivity index (χ0) is 20.4. The molecule has 1 aliphatic heterocycles. The lowest BCUT2D eigenvalue weighted by atomic mass is 10.1.